The van der Waals surface area contributed by atoms with Crippen LogP contribution in [0.25, 0.3) is 0 Å². The number of rotatable bonds is 5. The molecule has 1 aromatic rings. The lowest BCUT2D eigenvalue weighted by atomic mass is 9.84. The van der Waals surface area contributed by atoms with E-state index in [-0.39, 0.29) is 12.1 Å². The van der Waals surface area contributed by atoms with Gasteiger partial charge in [-0.25, -0.2) is 0 Å². The summed E-state index contributed by atoms with van der Waals surface area (Å²) in [6.07, 6.45) is 2.12. The first kappa shape index (κ1) is 14.4. The number of methoxy groups -OCH3 is 1. The summed E-state index contributed by atoms with van der Waals surface area (Å²) in [4.78, 5) is 0. The standard InChI is InChI=1S/C16H25NO2/c1-11(2)16(18-3)14(17)10-12-8-9-19-15-7-5-4-6-13(12)15/h4-7,11-12,14,16H,8-10,17H2,1-3H3. The Morgan fingerprint density at radius 2 is 2.11 bits per heavy atom. The zero-order valence-corrected chi connectivity index (χ0v) is 12.1. The van der Waals surface area contributed by atoms with E-state index in [0.29, 0.717) is 11.8 Å². The predicted molar refractivity (Wildman–Crippen MR) is 77.5 cm³/mol. The van der Waals surface area contributed by atoms with Crippen molar-refractivity contribution in [1.29, 1.82) is 0 Å². The van der Waals surface area contributed by atoms with Gasteiger partial charge in [-0.15, -0.1) is 0 Å². The molecule has 0 fully saturated rings. The van der Waals surface area contributed by atoms with Gasteiger partial charge in [0, 0.05) is 13.2 Å². The van der Waals surface area contributed by atoms with E-state index in [1.165, 1.54) is 5.56 Å². The second-order valence-corrected chi connectivity index (χ2v) is 5.72. The van der Waals surface area contributed by atoms with Gasteiger partial charge in [-0.2, -0.15) is 0 Å². The lowest BCUT2D eigenvalue weighted by molar-refractivity contribution is 0.0388. The molecule has 2 rings (SSSR count). The van der Waals surface area contributed by atoms with E-state index < -0.39 is 0 Å². The van der Waals surface area contributed by atoms with E-state index in [9.17, 15) is 0 Å². The zero-order chi connectivity index (χ0) is 13.8. The molecular formula is C16H25NO2. The average Bonchev–Trinajstić information content (AvgIpc) is 2.39. The molecule has 0 aromatic heterocycles. The summed E-state index contributed by atoms with van der Waals surface area (Å²) in [5, 5.41) is 0. The van der Waals surface area contributed by atoms with Crippen molar-refractivity contribution in [2.45, 2.75) is 44.8 Å². The minimum atomic E-state index is 0.0705. The zero-order valence-electron chi connectivity index (χ0n) is 12.1. The number of nitrogens with two attached hydrogens (primary N) is 1. The van der Waals surface area contributed by atoms with Gasteiger partial charge in [0.05, 0.1) is 12.7 Å². The number of hydrogen-bond donors (Lipinski definition) is 1. The van der Waals surface area contributed by atoms with E-state index in [2.05, 4.69) is 26.0 Å². The Hall–Kier alpha value is -1.06. The van der Waals surface area contributed by atoms with Crippen LogP contribution in [0.15, 0.2) is 24.3 Å². The van der Waals surface area contributed by atoms with Gasteiger partial charge in [0.15, 0.2) is 0 Å². The molecule has 1 aliphatic heterocycles. The maximum Gasteiger partial charge on any atom is 0.122 e. The molecule has 0 amide bonds. The van der Waals surface area contributed by atoms with Crippen molar-refractivity contribution in [1.82, 2.24) is 0 Å². The van der Waals surface area contributed by atoms with E-state index in [1.807, 2.05) is 12.1 Å². The summed E-state index contributed by atoms with van der Waals surface area (Å²) in [6.45, 7) is 5.10. The number of ether oxygens (including phenoxy) is 2. The predicted octanol–water partition coefficient (Wildman–Crippen LogP) is 2.94. The van der Waals surface area contributed by atoms with Crippen molar-refractivity contribution < 1.29 is 9.47 Å². The van der Waals surface area contributed by atoms with Crippen LogP contribution in [0.2, 0.25) is 0 Å². The highest BCUT2D eigenvalue weighted by Crippen LogP contribution is 2.36. The van der Waals surface area contributed by atoms with Gasteiger partial charge >= 0.3 is 0 Å². The molecule has 0 saturated carbocycles. The summed E-state index contributed by atoms with van der Waals surface area (Å²) in [5.74, 6) is 1.94. The van der Waals surface area contributed by atoms with Gasteiger partial charge in [-0.05, 0) is 36.3 Å². The van der Waals surface area contributed by atoms with Gasteiger partial charge in [0.25, 0.3) is 0 Å². The molecule has 0 spiro atoms. The number of hydrogen-bond acceptors (Lipinski definition) is 3. The Morgan fingerprint density at radius 3 is 2.79 bits per heavy atom. The molecule has 3 unspecified atom stereocenters. The molecule has 0 bridgehead atoms. The smallest absolute Gasteiger partial charge is 0.122 e. The molecule has 3 nitrogen and oxygen atoms in total. The Balaban J connectivity index is 2.08. The molecule has 1 heterocycles. The first-order chi connectivity index (χ1) is 9.13. The summed E-state index contributed by atoms with van der Waals surface area (Å²) in [5.41, 5.74) is 7.65. The second kappa shape index (κ2) is 6.40. The monoisotopic (exact) mass is 263 g/mol. The van der Waals surface area contributed by atoms with Gasteiger partial charge in [-0.3, -0.25) is 0 Å². The van der Waals surface area contributed by atoms with Crippen LogP contribution in [0.3, 0.4) is 0 Å². The van der Waals surface area contributed by atoms with Gasteiger partial charge < -0.3 is 15.2 Å². The number of fused-ring (bicyclic) bond motifs is 1. The Morgan fingerprint density at radius 1 is 1.37 bits per heavy atom. The highest BCUT2D eigenvalue weighted by molar-refractivity contribution is 5.37. The van der Waals surface area contributed by atoms with E-state index in [0.717, 1.165) is 25.2 Å². The van der Waals surface area contributed by atoms with Gasteiger partial charge in [-0.1, -0.05) is 32.0 Å². The van der Waals surface area contributed by atoms with Crippen LogP contribution in [0.4, 0.5) is 0 Å². The van der Waals surface area contributed by atoms with Crippen LogP contribution in [0, 0.1) is 5.92 Å². The third kappa shape index (κ3) is 3.28. The summed E-state index contributed by atoms with van der Waals surface area (Å²) < 4.78 is 11.2. The van der Waals surface area contributed by atoms with Crippen molar-refractivity contribution in [3.05, 3.63) is 29.8 Å². The fraction of sp³-hybridized carbons (Fsp3) is 0.625. The quantitative estimate of drug-likeness (QED) is 0.888. The third-order valence-electron chi connectivity index (χ3n) is 3.99. The molecule has 2 N–H and O–H groups in total. The lowest BCUT2D eigenvalue weighted by Gasteiger charge is -2.32. The molecule has 106 valence electrons. The van der Waals surface area contributed by atoms with Gasteiger partial charge in [0.1, 0.15) is 5.75 Å². The van der Waals surface area contributed by atoms with E-state index >= 15 is 0 Å². The fourth-order valence-electron chi connectivity index (χ4n) is 3.06. The van der Waals surface area contributed by atoms with Crippen molar-refractivity contribution >= 4 is 0 Å². The van der Waals surface area contributed by atoms with Crippen molar-refractivity contribution in [2.24, 2.45) is 11.7 Å². The fourth-order valence-corrected chi connectivity index (χ4v) is 3.06. The van der Waals surface area contributed by atoms with Crippen molar-refractivity contribution in [3.8, 4) is 5.75 Å². The van der Waals surface area contributed by atoms with Gasteiger partial charge in [0.2, 0.25) is 0 Å². The van der Waals surface area contributed by atoms with Crippen LogP contribution >= 0.6 is 0 Å². The van der Waals surface area contributed by atoms with Crippen LogP contribution in [-0.4, -0.2) is 25.9 Å². The van der Waals surface area contributed by atoms with Crippen LogP contribution in [0.1, 0.15) is 38.2 Å². The lowest BCUT2D eigenvalue weighted by Crippen LogP contribution is -2.41. The molecule has 1 aromatic carbocycles. The molecule has 0 saturated heterocycles. The normalized spacial score (nSPS) is 21.6. The highest BCUT2D eigenvalue weighted by Gasteiger charge is 2.28. The first-order valence-corrected chi connectivity index (χ1v) is 7.13. The largest absolute Gasteiger partial charge is 0.493 e. The maximum atomic E-state index is 6.35. The van der Waals surface area contributed by atoms with E-state index in [4.69, 9.17) is 15.2 Å². The Bertz CT molecular complexity index is 405. The first-order valence-electron chi connectivity index (χ1n) is 7.13. The Labute approximate surface area is 116 Å². The number of benzene rings is 1. The van der Waals surface area contributed by atoms with Crippen molar-refractivity contribution in [3.63, 3.8) is 0 Å². The second-order valence-electron chi connectivity index (χ2n) is 5.72. The summed E-state index contributed by atoms with van der Waals surface area (Å²) in [6, 6.07) is 8.36. The summed E-state index contributed by atoms with van der Waals surface area (Å²) in [7, 11) is 1.75. The highest BCUT2D eigenvalue weighted by atomic mass is 16.5. The SMILES string of the molecule is COC(C(C)C)C(N)CC1CCOc2ccccc21. The molecule has 3 atom stereocenters. The van der Waals surface area contributed by atoms with Crippen LogP contribution < -0.4 is 10.5 Å². The molecule has 0 radical (unpaired) electrons. The number of para-hydroxylation sites is 1. The molecular weight excluding hydrogens is 238 g/mol. The van der Waals surface area contributed by atoms with Crippen LogP contribution in [0.5, 0.6) is 5.75 Å². The third-order valence-corrected chi connectivity index (χ3v) is 3.99. The Kier molecular flexibility index (Phi) is 4.83. The molecule has 0 aliphatic carbocycles. The van der Waals surface area contributed by atoms with Crippen molar-refractivity contribution in [2.75, 3.05) is 13.7 Å². The minimum Gasteiger partial charge on any atom is -0.493 e. The molecule has 19 heavy (non-hydrogen) atoms. The maximum absolute atomic E-state index is 6.35. The van der Waals surface area contributed by atoms with Crippen LogP contribution in [-0.2, 0) is 4.74 Å². The minimum absolute atomic E-state index is 0.0705. The summed E-state index contributed by atoms with van der Waals surface area (Å²) >= 11 is 0. The average molecular weight is 263 g/mol. The molecule has 3 heteroatoms. The molecule has 1 aliphatic rings. The van der Waals surface area contributed by atoms with E-state index in [1.54, 1.807) is 7.11 Å². The topological polar surface area (TPSA) is 44.5 Å².